The Balaban J connectivity index is 1.88. The first kappa shape index (κ1) is 20.7. The van der Waals surface area contributed by atoms with Crippen molar-refractivity contribution in [2.75, 3.05) is 25.0 Å². The highest BCUT2D eigenvalue weighted by Gasteiger charge is 2.13. The molecule has 0 radical (unpaired) electrons. The van der Waals surface area contributed by atoms with Gasteiger partial charge in [0.1, 0.15) is 12.4 Å². The Morgan fingerprint density at radius 1 is 1.19 bits per heavy atom. The zero-order chi connectivity index (χ0) is 19.9. The molecule has 2 aromatic rings. The van der Waals surface area contributed by atoms with Crippen LogP contribution in [0.15, 0.2) is 35.3 Å². The highest BCUT2D eigenvalue weighted by Crippen LogP contribution is 2.10. The topological polar surface area (TPSA) is 70.4 Å². The van der Waals surface area contributed by atoms with E-state index in [1.165, 1.54) is 5.69 Å². The van der Waals surface area contributed by atoms with E-state index in [0.29, 0.717) is 6.54 Å². The van der Waals surface area contributed by atoms with E-state index in [0.717, 1.165) is 37.1 Å². The molecule has 27 heavy (non-hydrogen) atoms. The maximum Gasteiger partial charge on any atom is 0.192 e. The van der Waals surface area contributed by atoms with Crippen molar-refractivity contribution in [1.29, 1.82) is 0 Å². The monoisotopic (exact) mass is 371 g/mol. The lowest BCUT2D eigenvalue weighted by Gasteiger charge is -2.24. The summed E-state index contributed by atoms with van der Waals surface area (Å²) in [6, 6.07) is 10.4. The van der Waals surface area contributed by atoms with Crippen LogP contribution in [0.3, 0.4) is 0 Å². The summed E-state index contributed by atoms with van der Waals surface area (Å²) >= 11 is 0. The molecule has 2 N–H and O–H groups in total. The molecule has 0 spiro atoms. The second kappa shape index (κ2) is 9.39. The fourth-order valence-electron chi connectivity index (χ4n) is 2.57. The van der Waals surface area contributed by atoms with Gasteiger partial charge in [-0.25, -0.2) is 4.99 Å². The Morgan fingerprint density at radius 3 is 2.48 bits per heavy atom. The summed E-state index contributed by atoms with van der Waals surface area (Å²) in [5, 5.41) is 15.1. The molecule has 1 aromatic carbocycles. The van der Waals surface area contributed by atoms with Gasteiger partial charge in [0.15, 0.2) is 11.8 Å². The maximum atomic E-state index is 4.69. The minimum absolute atomic E-state index is 0.0670. The van der Waals surface area contributed by atoms with E-state index >= 15 is 0 Å². The van der Waals surface area contributed by atoms with Crippen LogP contribution in [0.1, 0.15) is 38.8 Å². The lowest BCUT2D eigenvalue weighted by atomic mass is 10.1. The van der Waals surface area contributed by atoms with Crippen LogP contribution in [0.4, 0.5) is 5.69 Å². The van der Waals surface area contributed by atoms with E-state index in [9.17, 15) is 0 Å². The average Bonchev–Trinajstić information content (AvgIpc) is 2.94. The van der Waals surface area contributed by atoms with Gasteiger partial charge in [0.2, 0.25) is 0 Å². The number of nitrogens with zero attached hydrogens (tertiary/aromatic N) is 5. The first-order valence-corrected chi connectivity index (χ1v) is 9.44. The third-order valence-electron chi connectivity index (χ3n) is 4.21. The van der Waals surface area contributed by atoms with E-state index < -0.39 is 0 Å². The molecule has 0 aliphatic heterocycles. The summed E-state index contributed by atoms with van der Waals surface area (Å²) in [7, 11) is 4.08. The molecular weight excluding hydrogens is 338 g/mol. The highest BCUT2D eigenvalue weighted by atomic mass is 15.3. The SMILES string of the molecule is Cc1nnc(CN=C(NCCCN(C)c2ccccc2)NC(C)(C)C)n1C. The number of rotatable bonds is 7. The van der Waals surface area contributed by atoms with Gasteiger partial charge in [-0.3, -0.25) is 0 Å². The van der Waals surface area contributed by atoms with Crippen molar-refractivity contribution in [3.05, 3.63) is 42.0 Å². The second-order valence-corrected chi connectivity index (χ2v) is 7.80. The number of aromatic nitrogens is 3. The first-order chi connectivity index (χ1) is 12.8. The van der Waals surface area contributed by atoms with E-state index in [-0.39, 0.29) is 5.54 Å². The van der Waals surface area contributed by atoms with E-state index in [4.69, 9.17) is 0 Å². The van der Waals surface area contributed by atoms with Crippen molar-refractivity contribution in [3.63, 3.8) is 0 Å². The van der Waals surface area contributed by atoms with Gasteiger partial charge in [-0.2, -0.15) is 0 Å². The summed E-state index contributed by atoms with van der Waals surface area (Å²) in [6.45, 7) is 10.6. The first-order valence-electron chi connectivity index (χ1n) is 9.44. The van der Waals surface area contributed by atoms with Gasteiger partial charge in [-0.15, -0.1) is 10.2 Å². The lowest BCUT2D eigenvalue weighted by Crippen LogP contribution is -2.48. The molecule has 0 fully saturated rings. The van der Waals surface area contributed by atoms with E-state index in [2.05, 4.69) is 82.8 Å². The molecule has 0 bridgehead atoms. The third-order valence-corrected chi connectivity index (χ3v) is 4.21. The smallest absolute Gasteiger partial charge is 0.192 e. The number of benzene rings is 1. The largest absolute Gasteiger partial charge is 0.375 e. The summed E-state index contributed by atoms with van der Waals surface area (Å²) in [5.74, 6) is 2.54. The molecule has 2 rings (SSSR count). The highest BCUT2D eigenvalue weighted by molar-refractivity contribution is 5.80. The van der Waals surface area contributed by atoms with E-state index in [1.807, 2.05) is 24.6 Å². The lowest BCUT2D eigenvalue weighted by molar-refractivity contribution is 0.499. The fraction of sp³-hybridized carbons (Fsp3) is 0.550. The summed E-state index contributed by atoms with van der Waals surface area (Å²) in [6.07, 6.45) is 1.01. The Bertz CT molecular complexity index is 729. The fourth-order valence-corrected chi connectivity index (χ4v) is 2.57. The van der Waals surface area contributed by atoms with Crippen LogP contribution in [-0.4, -0.2) is 46.4 Å². The molecule has 0 amide bonds. The van der Waals surface area contributed by atoms with Crippen molar-refractivity contribution >= 4 is 11.6 Å². The molecule has 0 atom stereocenters. The van der Waals surface area contributed by atoms with Crippen LogP contribution in [-0.2, 0) is 13.6 Å². The van der Waals surface area contributed by atoms with Gasteiger partial charge >= 0.3 is 0 Å². The number of para-hydroxylation sites is 1. The molecule has 7 nitrogen and oxygen atoms in total. The predicted molar refractivity (Wildman–Crippen MR) is 112 cm³/mol. The molecule has 0 unspecified atom stereocenters. The van der Waals surface area contributed by atoms with Crippen LogP contribution in [0.2, 0.25) is 0 Å². The van der Waals surface area contributed by atoms with Gasteiger partial charge < -0.3 is 20.1 Å². The second-order valence-electron chi connectivity index (χ2n) is 7.80. The summed E-state index contributed by atoms with van der Waals surface area (Å²) < 4.78 is 1.97. The molecule has 148 valence electrons. The van der Waals surface area contributed by atoms with Crippen LogP contribution in [0, 0.1) is 6.92 Å². The average molecular weight is 372 g/mol. The zero-order valence-electron chi connectivity index (χ0n) is 17.5. The molecule has 7 heteroatoms. The third kappa shape index (κ3) is 6.92. The minimum Gasteiger partial charge on any atom is -0.375 e. The van der Waals surface area contributed by atoms with Crippen LogP contribution in [0.5, 0.6) is 0 Å². The van der Waals surface area contributed by atoms with Gasteiger partial charge in [0, 0.05) is 38.4 Å². The minimum atomic E-state index is -0.0670. The zero-order valence-corrected chi connectivity index (χ0v) is 17.5. The van der Waals surface area contributed by atoms with E-state index in [1.54, 1.807) is 0 Å². The number of hydrogen-bond donors (Lipinski definition) is 2. The molecule has 1 aromatic heterocycles. The van der Waals surface area contributed by atoms with Crippen molar-refractivity contribution < 1.29 is 0 Å². The molecule has 0 saturated heterocycles. The van der Waals surface area contributed by atoms with Crippen molar-refractivity contribution in [2.24, 2.45) is 12.0 Å². The standard InChI is InChI=1S/C20H33N7/c1-16-24-25-18(27(16)6)15-22-19(23-20(2,3)4)21-13-10-14-26(5)17-11-8-7-9-12-17/h7-9,11-12H,10,13-15H2,1-6H3,(H2,21,22,23). The predicted octanol–water partition coefficient (Wildman–Crippen LogP) is 2.48. The van der Waals surface area contributed by atoms with Crippen molar-refractivity contribution in [3.8, 4) is 0 Å². The summed E-state index contributed by atoms with van der Waals surface area (Å²) in [5.41, 5.74) is 1.17. The number of aryl methyl sites for hydroxylation is 1. The van der Waals surface area contributed by atoms with Gasteiger partial charge in [0.25, 0.3) is 0 Å². The molecule has 0 saturated carbocycles. The normalized spacial score (nSPS) is 12.1. The van der Waals surface area contributed by atoms with Crippen molar-refractivity contribution in [1.82, 2.24) is 25.4 Å². The molecule has 1 heterocycles. The van der Waals surface area contributed by atoms with Gasteiger partial charge in [0.05, 0.1) is 0 Å². The number of anilines is 1. The van der Waals surface area contributed by atoms with Crippen LogP contribution in [0.25, 0.3) is 0 Å². The molecule has 0 aliphatic carbocycles. The quantitative estimate of drug-likeness (QED) is 0.444. The molecular formula is C20H33N7. The van der Waals surface area contributed by atoms with Crippen molar-refractivity contribution in [2.45, 2.75) is 46.2 Å². The Hall–Kier alpha value is -2.57. The summed E-state index contributed by atoms with van der Waals surface area (Å²) in [4.78, 5) is 6.95. The number of guanidine groups is 1. The van der Waals surface area contributed by atoms with Crippen LogP contribution >= 0.6 is 0 Å². The molecule has 0 aliphatic rings. The number of hydrogen-bond acceptors (Lipinski definition) is 4. The van der Waals surface area contributed by atoms with Gasteiger partial charge in [-0.1, -0.05) is 18.2 Å². The Labute approximate surface area is 162 Å². The maximum absolute atomic E-state index is 4.69. The number of nitrogens with one attached hydrogen (secondary N) is 2. The Morgan fingerprint density at radius 2 is 1.89 bits per heavy atom. The van der Waals surface area contributed by atoms with Crippen LogP contribution < -0.4 is 15.5 Å². The van der Waals surface area contributed by atoms with Gasteiger partial charge in [-0.05, 0) is 46.2 Å². The Kier molecular flexibility index (Phi) is 7.21. The number of aliphatic imine (C=N–C) groups is 1.